The third-order valence-electron chi connectivity index (χ3n) is 10.9. The molecule has 6 aliphatic rings. The van der Waals surface area contributed by atoms with Gasteiger partial charge >= 0.3 is 5.97 Å². The molecule has 6 rings (SSSR count). The van der Waals surface area contributed by atoms with Crippen molar-refractivity contribution in [2.45, 2.75) is 139 Å². The molecule has 12 unspecified atom stereocenters. The molecule has 6 fully saturated rings. The van der Waals surface area contributed by atoms with Crippen LogP contribution in [0.5, 0.6) is 0 Å². The van der Waals surface area contributed by atoms with Crippen LogP contribution in [0.1, 0.15) is 80.1 Å². The topological polar surface area (TPSA) is 115 Å². The molecule has 250 valence electrons. The van der Waals surface area contributed by atoms with Crippen molar-refractivity contribution in [1.29, 1.82) is 0 Å². The maximum Gasteiger partial charge on any atom is 0.321 e. The molecule has 0 aromatic rings. The van der Waals surface area contributed by atoms with E-state index in [0.717, 1.165) is 51.7 Å². The first-order chi connectivity index (χ1) is 20.8. The summed E-state index contributed by atoms with van der Waals surface area (Å²) in [6.07, 6.45) is 8.70. The van der Waals surface area contributed by atoms with Crippen molar-refractivity contribution in [2.24, 2.45) is 11.8 Å². The van der Waals surface area contributed by atoms with Gasteiger partial charge in [-0.1, -0.05) is 23.3 Å². The number of rotatable bonds is 10. The monoisotopic (exact) mass is 640 g/mol. The quantitative estimate of drug-likeness (QED) is 0.154. The van der Waals surface area contributed by atoms with E-state index in [1.54, 1.807) is 14.2 Å². The summed E-state index contributed by atoms with van der Waals surface area (Å²) >= 11 is 5.59. The number of aliphatic hydroxyl groups excluding tert-OH is 1. The zero-order valence-corrected chi connectivity index (χ0v) is 28.5. The molecule has 4 saturated heterocycles. The lowest BCUT2D eigenvalue weighted by Crippen LogP contribution is -2.55. The van der Waals surface area contributed by atoms with Crippen LogP contribution in [0, 0.1) is 11.8 Å². The Morgan fingerprint density at radius 1 is 0.841 bits per heavy atom. The number of hydrogen-bond acceptors (Lipinski definition) is 9. The summed E-state index contributed by atoms with van der Waals surface area (Å²) in [5.41, 5.74) is 1.74. The third-order valence-corrected chi connectivity index (χ3v) is 11.1. The molecule has 9 nitrogen and oxygen atoms in total. The molecule has 12 atom stereocenters. The summed E-state index contributed by atoms with van der Waals surface area (Å²) in [6.45, 7) is 14.2. The molecule has 0 bridgehead atoms. The molecular weight excluding hydrogens is 588 g/mol. The van der Waals surface area contributed by atoms with Crippen molar-refractivity contribution in [3.8, 4) is 0 Å². The van der Waals surface area contributed by atoms with Crippen LogP contribution in [0.2, 0.25) is 0 Å². The Morgan fingerprint density at radius 2 is 1.30 bits per heavy atom. The Labute approximate surface area is 267 Å². The van der Waals surface area contributed by atoms with Gasteiger partial charge in [0.15, 0.2) is 0 Å². The number of aliphatic hydroxyl groups is 1. The van der Waals surface area contributed by atoms with Crippen molar-refractivity contribution < 1.29 is 43.1 Å². The van der Waals surface area contributed by atoms with Gasteiger partial charge in [-0.3, -0.25) is 4.79 Å². The van der Waals surface area contributed by atoms with Crippen LogP contribution in [-0.4, -0.2) is 103 Å². The number of hydrogen-bond donors (Lipinski definition) is 1. The van der Waals surface area contributed by atoms with Crippen LogP contribution in [0.3, 0.4) is 0 Å². The van der Waals surface area contributed by atoms with Gasteiger partial charge in [-0.2, -0.15) is 0 Å². The first-order valence-corrected chi connectivity index (χ1v) is 16.7. The molecule has 44 heavy (non-hydrogen) atoms. The van der Waals surface area contributed by atoms with Gasteiger partial charge in [0.2, 0.25) is 0 Å². The molecule has 0 aromatic carbocycles. The number of carbonyl (C=O) groups excluding carboxylic acids is 1. The Morgan fingerprint density at radius 3 is 1.70 bits per heavy atom. The van der Waals surface area contributed by atoms with E-state index in [0.29, 0.717) is 0 Å². The van der Waals surface area contributed by atoms with Gasteiger partial charge in [0, 0.05) is 14.2 Å². The van der Waals surface area contributed by atoms with E-state index in [1.165, 1.54) is 11.1 Å². The van der Waals surface area contributed by atoms with Crippen LogP contribution in [0.25, 0.3) is 0 Å². The second kappa shape index (κ2) is 12.9. The fourth-order valence-electron chi connectivity index (χ4n) is 8.23. The second-order valence-corrected chi connectivity index (χ2v) is 14.8. The fraction of sp³-hybridized carbons (Fsp3) is 0.853. The highest BCUT2D eigenvalue weighted by Gasteiger charge is 2.73. The average Bonchev–Trinajstić information content (AvgIpc) is 3.85. The third kappa shape index (κ3) is 6.68. The van der Waals surface area contributed by atoms with E-state index < -0.39 is 12.1 Å². The molecule has 0 radical (unpaired) electrons. The molecule has 10 heteroatoms. The molecule has 4 heterocycles. The molecule has 1 N–H and O–H groups in total. The largest absolute Gasteiger partial charge is 0.459 e. The average molecular weight is 641 g/mol. The van der Waals surface area contributed by atoms with E-state index in [4.69, 9.17) is 44.8 Å². The number of ether oxygens (including phenoxy) is 7. The van der Waals surface area contributed by atoms with E-state index in [-0.39, 0.29) is 70.6 Å². The summed E-state index contributed by atoms with van der Waals surface area (Å²) in [6, 6.07) is 0. The lowest BCUT2D eigenvalue weighted by Gasteiger charge is -2.42. The van der Waals surface area contributed by atoms with Gasteiger partial charge in [0.05, 0.1) is 55.1 Å². The van der Waals surface area contributed by atoms with Crippen LogP contribution >= 0.6 is 11.6 Å². The van der Waals surface area contributed by atoms with Crippen molar-refractivity contribution in [2.75, 3.05) is 33.3 Å². The molecule has 0 aromatic heterocycles. The highest BCUT2D eigenvalue weighted by atomic mass is 35.5. The minimum absolute atomic E-state index is 0.0486. The maximum absolute atomic E-state index is 11.7. The van der Waals surface area contributed by atoms with Gasteiger partial charge in [-0.25, -0.2) is 0 Å². The van der Waals surface area contributed by atoms with Crippen LogP contribution < -0.4 is 0 Å². The highest BCUT2D eigenvalue weighted by molar-refractivity contribution is 6.26. The zero-order chi connectivity index (χ0) is 32.1. The summed E-state index contributed by atoms with van der Waals surface area (Å²) in [5.74, 6) is -0.374. The Hall–Kier alpha value is -1.04. The fourth-order valence-corrected chi connectivity index (χ4v) is 8.30. The summed E-state index contributed by atoms with van der Waals surface area (Å²) < 4.78 is 40.7. The van der Waals surface area contributed by atoms with E-state index in [2.05, 4.69) is 53.7 Å². The summed E-state index contributed by atoms with van der Waals surface area (Å²) in [7, 11) is 3.34. The van der Waals surface area contributed by atoms with Crippen molar-refractivity contribution in [3.05, 3.63) is 23.3 Å². The van der Waals surface area contributed by atoms with Crippen molar-refractivity contribution in [1.82, 2.24) is 0 Å². The molecule has 2 saturated carbocycles. The normalized spacial score (nSPS) is 46.4. The second-order valence-electron chi connectivity index (χ2n) is 14.5. The summed E-state index contributed by atoms with van der Waals surface area (Å²) in [5, 5.41) is 10.2. The SMILES string of the molecule is COC1C(O)CCC2(CO2)C1C1(C)OC1CC=C(C)C.COC1C(OC(=O)CCl)CCC2(CO2)C1C1(C)OC1CC=C(C)C. The molecular formula is C34H53ClO9. The van der Waals surface area contributed by atoms with Gasteiger partial charge < -0.3 is 38.3 Å². The first kappa shape index (κ1) is 34.3. The first-order valence-electron chi connectivity index (χ1n) is 16.2. The summed E-state index contributed by atoms with van der Waals surface area (Å²) in [4.78, 5) is 11.7. The molecule has 4 aliphatic heterocycles. The Kier molecular flexibility index (Phi) is 10.0. The number of esters is 1. The molecule has 2 spiro atoms. The maximum atomic E-state index is 11.7. The number of alkyl halides is 1. The van der Waals surface area contributed by atoms with Crippen molar-refractivity contribution >= 4 is 17.6 Å². The Bertz CT molecular complexity index is 1110. The van der Waals surface area contributed by atoms with Gasteiger partial charge in [-0.15, -0.1) is 11.6 Å². The lowest BCUT2D eigenvalue weighted by atomic mass is 9.68. The van der Waals surface area contributed by atoms with Crippen LogP contribution in [0.4, 0.5) is 0 Å². The minimum Gasteiger partial charge on any atom is -0.459 e. The van der Waals surface area contributed by atoms with E-state index in [9.17, 15) is 9.90 Å². The van der Waals surface area contributed by atoms with Gasteiger partial charge in [0.25, 0.3) is 0 Å². The molecule has 2 aliphatic carbocycles. The molecule has 0 amide bonds. The van der Waals surface area contributed by atoms with E-state index in [1.807, 2.05) is 0 Å². The van der Waals surface area contributed by atoms with E-state index >= 15 is 0 Å². The standard InChI is InChI=1S/C18H27ClO5.C16H26O4/c1-11(2)5-6-13-17(3,24-13)16-15(21-4)12(23-14(20)9-19)7-8-18(16)10-22-18;1-10(2)5-6-12-15(3,20-12)14-13(18-4)11(17)7-8-16(14)9-19-16/h5,12-13,15-16H,6-10H2,1-4H3;5,11-14,17H,6-9H2,1-4H3. The number of allylic oxidation sites excluding steroid dienone is 2. The van der Waals surface area contributed by atoms with Gasteiger partial charge in [-0.05, 0) is 80.1 Å². The van der Waals surface area contributed by atoms with Gasteiger partial charge in [0.1, 0.15) is 34.9 Å². The number of carbonyl (C=O) groups is 1. The number of methoxy groups -OCH3 is 2. The highest BCUT2D eigenvalue weighted by Crippen LogP contribution is 2.60. The van der Waals surface area contributed by atoms with Crippen molar-refractivity contribution in [3.63, 3.8) is 0 Å². The van der Waals surface area contributed by atoms with Crippen LogP contribution in [-0.2, 0) is 38.0 Å². The Balaban J connectivity index is 0.000000177. The lowest BCUT2D eigenvalue weighted by molar-refractivity contribution is -0.169. The minimum atomic E-state index is -0.412. The zero-order valence-electron chi connectivity index (χ0n) is 27.7. The number of epoxide rings is 4. The smallest absolute Gasteiger partial charge is 0.321 e. The van der Waals surface area contributed by atoms with Crippen LogP contribution in [0.15, 0.2) is 23.3 Å². The predicted molar refractivity (Wildman–Crippen MR) is 166 cm³/mol. The predicted octanol–water partition coefficient (Wildman–Crippen LogP) is 4.90. The number of halogens is 1.